The summed E-state index contributed by atoms with van der Waals surface area (Å²) in [5.41, 5.74) is 1.29. The highest BCUT2D eigenvalue weighted by Gasteiger charge is 2.33. The minimum atomic E-state index is -0.115. The first-order chi connectivity index (χ1) is 10.6. The maximum atomic E-state index is 11.9. The Balaban J connectivity index is 1.99. The first-order valence-electron chi connectivity index (χ1n) is 6.89. The highest BCUT2D eigenvalue weighted by atomic mass is 32.1. The zero-order valence-electron chi connectivity index (χ0n) is 12.3. The van der Waals surface area contributed by atoms with Gasteiger partial charge in [-0.2, -0.15) is 5.10 Å². The Bertz CT molecular complexity index is 725. The molecule has 0 radical (unpaired) electrons. The van der Waals surface area contributed by atoms with E-state index in [1.54, 1.807) is 29.5 Å². The van der Waals surface area contributed by atoms with E-state index in [-0.39, 0.29) is 17.7 Å². The zero-order valence-corrected chi connectivity index (χ0v) is 13.1. The number of phenolic OH excluding ortho intramolecular Hbond substituents is 1. The van der Waals surface area contributed by atoms with E-state index in [0.29, 0.717) is 23.4 Å². The van der Waals surface area contributed by atoms with E-state index in [1.165, 1.54) is 19.0 Å². The number of phenols is 1. The summed E-state index contributed by atoms with van der Waals surface area (Å²) < 4.78 is 5.14. The van der Waals surface area contributed by atoms with Gasteiger partial charge < -0.3 is 9.84 Å². The third-order valence-corrected chi connectivity index (χ3v) is 4.61. The molecule has 0 fully saturated rings. The molecule has 1 aromatic heterocycles. The third kappa shape index (κ3) is 2.46. The van der Waals surface area contributed by atoms with Gasteiger partial charge >= 0.3 is 0 Å². The van der Waals surface area contributed by atoms with Crippen LogP contribution in [0.1, 0.15) is 29.8 Å². The van der Waals surface area contributed by atoms with Gasteiger partial charge in [0.1, 0.15) is 0 Å². The molecule has 3 rings (SSSR count). The van der Waals surface area contributed by atoms with Crippen molar-refractivity contribution in [1.82, 2.24) is 5.01 Å². The molecule has 2 heterocycles. The monoisotopic (exact) mass is 316 g/mol. The molecule has 114 valence electrons. The predicted octanol–water partition coefficient (Wildman–Crippen LogP) is 3.16. The summed E-state index contributed by atoms with van der Waals surface area (Å²) in [6.45, 7) is 1.50. The number of amides is 1. The van der Waals surface area contributed by atoms with E-state index >= 15 is 0 Å². The lowest BCUT2D eigenvalue weighted by Gasteiger charge is -2.18. The van der Waals surface area contributed by atoms with Crippen molar-refractivity contribution in [2.75, 3.05) is 7.11 Å². The first kappa shape index (κ1) is 14.6. The summed E-state index contributed by atoms with van der Waals surface area (Å²) in [6, 6.07) is 9.11. The molecule has 1 aliphatic heterocycles. The Kier molecular flexibility index (Phi) is 3.85. The molecule has 0 saturated carbocycles. The standard InChI is InChI=1S/C16H16N2O3S/c1-10(19)18-13(15-7-4-8-22-15)9-12(17-18)11-5-3-6-14(21-2)16(11)20/h3-8,13,20H,9H2,1-2H3/t13-/m0/s1. The Morgan fingerprint density at radius 3 is 2.86 bits per heavy atom. The Morgan fingerprint density at radius 1 is 1.41 bits per heavy atom. The molecule has 6 heteroatoms. The van der Waals surface area contributed by atoms with Crippen molar-refractivity contribution in [3.63, 3.8) is 0 Å². The van der Waals surface area contributed by atoms with Crippen LogP contribution < -0.4 is 4.74 Å². The van der Waals surface area contributed by atoms with Crippen molar-refractivity contribution < 1.29 is 14.6 Å². The minimum absolute atomic E-state index is 0.0547. The van der Waals surface area contributed by atoms with E-state index in [1.807, 2.05) is 17.5 Å². The molecular weight excluding hydrogens is 300 g/mol. The van der Waals surface area contributed by atoms with Crippen molar-refractivity contribution >= 4 is 23.0 Å². The van der Waals surface area contributed by atoms with E-state index in [4.69, 9.17) is 4.74 Å². The van der Waals surface area contributed by atoms with Gasteiger partial charge in [-0.25, -0.2) is 5.01 Å². The van der Waals surface area contributed by atoms with Gasteiger partial charge in [0.25, 0.3) is 0 Å². The van der Waals surface area contributed by atoms with Gasteiger partial charge in [-0.1, -0.05) is 12.1 Å². The second kappa shape index (κ2) is 5.81. The highest BCUT2D eigenvalue weighted by Crippen LogP contribution is 2.38. The number of nitrogens with zero attached hydrogens (tertiary/aromatic N) is 2. The number of rotatable bonds is 3. The molecule has 0 bridgehead atoms. The fourth-order valence-electron chi connectivity index (χ4n) is 2.59. The Hall–Kier alpha value is -2.34. The normalized spacial score (nSPS) is 17.5. The summed E-state index contributed by atoms with van der Waals surface area (Å²) in [6.07, 6.45) is 0.570. The van der Waals surface area contributed by atoms with Crippen molar-refractivity contribution in [3.8, 4) is 11.5 Å². The van der Waals surface area contributed by atoms with Gasteiger partial charge in [-0.05, 0) is 23.6 Å². The van der Waals surface area contributed by atoms with Gasteiger partial charge in [0.05, 0.1) is 18.9 Å². The van der Waals surface area contributed by atoms with E-state index in [9.17, 15) is 9.90 Å². The average molecular weight is 316 g/mol. The number of ether oxygens (including phenoxy) is 1. The third-order valence-electron chi connectivity index (χ3n) is 3.63. The van der Waals surface area contributed by atoms with Gasteiger partial charge in [0.15, 0.2) is 11.5 Å². The predicted molar refractivity (Wildman–Crippen MR) is 85.4 cm³/mol. The van der Waals surface area contributed by atoms with Crippen molar-refractivity contribution in [2.45, 2.75) is 19.4 Å². The summed E-state index contributed by atoms with van der Waals surface area (Å²) in [7, 11) is 1.51. The van der Waals surface area contributed by atoms with Crippen LogP contribution in [0.3, 0.4) is 0 Å². The number of methoxy groups -OCH3 is 1. The number of hydrogen-bond acceptors (Lipinski definition) is 5. The number of thiophene rings is 1. The molecule has 1 N–H and O–H groups in total. The number of para-hydroxylation sites is 1. The average Bonchev–Trinajstić information content (AvgIpc) is 3.16. The van der Waals surface area contributed by atoms with E-state index < -0.39 is 0 Å². The first-order valence-corrected chi connectivity index (χ1v) is 7.76. The van der Waals surface area contributed by atoms with Crippen LogP contribution in [0, 0.1) is 0 Å². The van der Waals surface area contributed by atoms with Crippen molar-refractivity contribution in [3.05, 3.63) is 46.2 Å². The van der Waals surface area contributed by atoms with Crippen LogP contribution in [-0.4, -0.2) is 28.8 Å². The van der Waals surface area contributed by atoms with Crippen LogP contribution >= 0.6 is 11.3 Å². The summed E-state index contributed by atoms with van der Waals surface area (Å²) in [5.74, 6) is 0.337. The topological polar surface area (TPSA) is 62.1 Å². The summed E-state index contributed by atoms with van der Waals surface area (Å²) >= 11 is 1.60. The molecule has 0 aliphatic carbocycles. The lowest BCUT2D eigenvalue weighted by Crippen LogP contribution is -2.23. The smallest absolute Gasteiger partial charge is 0.240 e. The molecule has 2 aromatic rings. The number of hydrogen-bond donors (Lipinski definition) is 1. The molecule has 22 heavy (non-hydrogen) atoms. The maximum Gasteiger partial charge on any atom is 0.240 e. The van der Waals surface area contributed by atoms with Crippen LogP contribution in [0.25, 0.3) is 0 Å². The van der Waals surface area contributed by atoms with E-state index in [0.717, 1.165) is 4.88 Å². The fraction of sp³-hybridized carbons (Fsp3) is 0.250. The SMILES string of the molecule is COc1cccc(C2=NN(C(C)=O)[C@H](c3cccs3)C2)c1O. The van der Waals surface area contributed by atoms with Crippen LogP contribution in [0.5, 0.6) is 11.5 Å². The maximum absolute atomic E-state index is 11.9. The van der Waals surface area contributed by atoms with Gasteiger partial charge in [0, 0.05) is 23.8 Å². The molecule has 1 aromatic carbocycles. The van der Waals surface area contributed by atoms with Gasteiger partial charge in [0.2, 0.25) is 5.91 Å². The summed E-state index contributed by atoms with van der Waals surface area (Å²) in [4.78, 5) is 13.0. The lowest BCUT2D eigenvalue weighted by atomic mass is 10.0. The highest BCUT2D eigenvalue weighted by molar-refractivity contribution is 7.10. The van der Waals surface area contributed by atoms with Crippen molar-refractivity contribution in [2.24, 2.45) is 5.10 Å². The quantitative estimate of drug-likeness (QED) is 0.946. The zero-order chi connectivity index (χ0) is 15.7. The Morgan fingerprint density at radius 2 is 2.23 bits per heavy atom. The number of hydrazone groups is 1. The van der Waals surface area contributed by atoms with Gasteiger partial charge in [-0.15, -0.1) is 11.3 Å². The second-order valence-electron chi connectivity index (χ2n) is 5.00. The molecule has 1 atom stereocenters. The molecule has 5 nitrogen and oxygen atoms in total. The molecule has 1 amide bonds. The van der Waals surface area contributed by atoms with Crippen LogP contribution in [0.4, 0.5) is 0 Å². The number of benzene rings is 1. The summed E-state index contributed by atoms with van der Waals surface area (Å²) in [5, 5.41) is 18.2. The largest absolute Gasteiger partial charge is 0.504 e. The second-order valence-corrected chi connectivity index (χ2v) is 5.98. The van der Waals surface area contributed by atoms with E-state index in [2.05, 4.69) is 5.10 Å². The van der Waals surface area contributed by atoms with Crippen molar-refractivity contribution in [1.29, 1.82) is 0 Å². The molecule has 0 spiro atoms. The molecule has 1 aliphatic rings. The number of carbonyl (C=O) groups excluding carboxylic acids is 1. The van der Waals surface area contributed by atoms with Crippen LogP contribution in [0.2, 0.25) is 0 Å². The fourth-order valence-corrected chi connectivity index (χ4v) is 3.40. The van der Waals surface area contributed by atoms with Crippen LogP contribution in [0.15, 0.2) is 40.8 Å². The minimum Gasteiger partial charge on any atom is -0.504 e. The van der Waals surface area contributed by atoms with Gasteiger partial charge in [-0.3, -0.25) is 4.79 Å². The molecule has 0 saturated heterocycles. The lowest BCUT2D eigenvalue weighted by molar-refractivity contribution is -0.130. The number of carbonyl (C=O) groups is 1. The Labute approximate surface area is 132 Å². The molecule has 0 unspecified atom stereocenters. The molecular formula is C16H16N2O3S. The van der Waals surface area contributed by atoms with Crippen LogP contribution in [-0.2, 0) is 4.79 Å². The number of aromatic hydroxyl groups is 1.